The quantitative estimate of drug-likeness (QED) is 0.616. The van der Waals surface area contributed by atoms with Crippen LogP contribution in [0.4, 0.5) is 5.69 Å². The molecule has 3 rings (SSSR count). The molecule has 148 valence electrons. The molecule has 0 bridgehead atoms. The molecular weight excluding hydrogens is 368 g/mol. The smallest absolute Gasteiger partial charge is 0.250 e. The molecule has 0 atom stereocenters. The van der Waals surface area contributed by atoms with Crippen LogP contribution in [0.15, 0.2) is 78.9 Å². The Hall–Kier alpha value is -3.64. The molecule has 0 unspecified atom stereocenters. The lowest BCUT2D eigenvalue weighted by Gasteiger charge is -2.19. The maximum atomic E-state index is 12.5. The van der Waals surface area contributed by atoms with Gasteiger partial charge in [-0.05, 0) is 29.3 Å². The monoisotopic (exact) mass is 390 g/mol. The second-order valence-corrected chi connectivity index (χ2v) is 6.34. The van der Waals surface area contributed by atoms with E-state index in [-0.39, 0.29) is 24.2 Å². The van der Waals surface area contributed by atoms with E-state index in [2.05, 4.69) is 5.32 Å². The summed E-state index contributed by atoms with van der Waals surface area (Å²) in [7, 11) is 1.48. The number of benzene rings is 3. The van der Waals surface area contributed by atoms with E-state index in [4.69, 9.17) is 15.2 Å². The van der Waals surface area contributed by atoms with Gasteiger partial charge in [0.15, 0.2) is 0 Å². The van der Waals surface area contributed by atoms with Crippen LogP contribution in [0, 0.1) is 0 Å². The van der Waals surface area contributed by atoms with Crippen molar-refractivity contribution < 1.29 is 19.1 Å². The van der Waals surface area contributed by atoms with Gasteiger partial charge in [-0.15, -0.1) is 0 Å². The third kappa shape index (κ3) is 5.21. The van der Waals surface area contributed by atoms with E-state index in [0.717, 1.165) is 11.1 Å². The molecule has 3 aromatic carbocycles. The largest absolute Gasteiger partial charge is 0.495 e. The van der Waals surface area contributed by atoms with Gasteiger partial charge in [-0.3, -0.25) is 9.59 Å². The van der Waals surface area contributed by atoms with Gasteiger partial charge in [0.05, 0.1) is 12.8 Å². The lowest BCUT2D eigenvalue weighted by molar-refractivity contribution is -0.121. The number of rotatable bonds is 8. The summed E-state index contributed by atoms with van der Waals surface area (Å²) in [5.74, 6) is -0.541. The van der Waals surface area contributed by atoms with Gasteiger partial charge >= 0.3 is 0 Å². The molecule has 2 amide bonds. The molecule has 6 heteroatoms. The Labute approximate surface area is 169 Å². The minimum Gasteiger partial charge on any atom is -0.495 e. The van der Waals surface area contributed by atoms with Crippen molar-refractivity contribution in [3.05, 3.63) is 95.6 Å². The first-order valence-electron chi connectivity index (χ1n) is 9.07. The summed E-state index contributed by atoms with van der Waals surface area (Å²) in [6.45, 7) is -0.182. The van der Waals surface area contributed by atoms with Gasteiger partial charge in [0.2, 0.25) is 5.91 Å². The van der Waals surface area contributed by atoms with Crippen molar-refractivity contribution in [1.82, 2.24) is 0 Å². The van der Waals surface area contributed by atoms with E-state index in [9.17, 15) is 9.59 Å². The zero-order chi connectivity index (χ0) is 20.6. The molecule has 0 fully saturated rings. The summed E-state index contributed by atoms with van der Waals surface area (Å²) in [5, 5.41) is 2.72. The summed E-state index contributed by atoms with van der Waals surface area (Å²) < 4.78 is 11.2. The van der Waals surface area contributed by atoms with Crippen molar-refractivity contribution in [3.8, 4) is 5.75 Å². The van der Waals surface area contributed by atoms with Gasteiger partial charge in [-0.25, -0.2) is 0 Å². The van der Waals surface area contributed by atoms with Crippen molar-refractivity contribution in [3.63, 3.8) is 0 Å². The van der Waals surface area contributed by atoms with Gasteiger partial charge in [0.1, 0.15) is 18.5 Å². The Morgan fingerprint density at radius 3 is 2.03 bits per heavy atom. The molecule has 0 aliphatic carbocycles. The van der Waals surface area contributed by atoms with E-state index in [1.54, 1.807) is 6.07 Å². The fourth-order valence-corrected chi connectivity index (χ4v) is 2.94. The number of nitrogens with two attached hydrogens (primary N) is 1. The molecule has 0 saturated heterocycles. The fraction of sp³-hybridized carbons (Fsp3) is 0.130. The Morgan fingerprint density at radius 2 is 1.52 bits per heavy atom. The van der Waals surface area contributed by atoms with Crippen LogP contribution < -0.4 is 15.8 Å². The molecule has 29 heavy (non-hydrogen) atoms. The highest BCUT2D eigenvalue weighted by atomic mass is 16.5. The first-order valence-corrected chi connectivity index (χ1v) is 9.07. The van der Waals surface area contributed by atoms with Crippen molar-refractivity contribution in [2.75, 3.05) is 19.0 Å². The van der Waals surface area contributed by atoms with E-state index in [0.29, 0.717) is 11.4 Å². The zero-order valence-electron chi connectivity index (χ0n) is 16.0. The summed E-state index contributed by atoms with van der Waals surface area (Å²) in [6.07, 6.45) is -0.387. The molecule has 0 spiro atoms. The van der Waals surface area contributed by atoms with Gasteiger partial charge in [0, 0.05) is 5.56 Å². The average molecular weight is 390 g/mol. The predicted octanol–water partition coefficient (Wildman–Crippen LogP) is 3.54. The minimum absolute atomic E-state index is 0.182. The van der Waals surface area contributed by atoms with Gasteiger partial charge in [-0.1, -0.05) is 60.7 Å². The molecule has 6 nitrogen and oxygen atoms in total. The number of nitrogens with one attached hydrogen (secondary N) is 1. The number of methoxy groups -OCH3 is 1. The first-order chi connectivity index (χ1) is 14.1. The van der Waals surface area contributed by atoms with Crippen molar-refractivity contribution in [1.29, 1.82) is 0 Å². The second-order valence-electron chi connectivity index (χ2n) is 6.34. The highest BCUT2D eigenvalue weighted by Gasteiger charge is 2.17. The van der Waals surface area contributed by atoms with Gasteiger partial charge in [0.25, 0.3) is 5.91 Å². The van der Waals surface area contributed by atoms with E-state index in [1.807, 2.05) is 60.7 Å². The highest BCUT2D eigenvalue weighted by Crippen LogP contribution is 2.27. The summed E-state index contributed by atoms with van der Waals surface area (Å²) >= 11 is 0. The molecule has 0 aliphatic heterocycles. The maximum absolute atomic E-state index is 12.5. The number of carbonyl (C=O) groups excluding carboxylic acids is 2. The third-order valence-corrected chi connectivity index (χ3v) is 4.34. The van der Waals surface area contributed by atoms with E-state index in [1.165, 1.54) is 19.2 Å². The Balaban J connectivity index is 1.74. The number of hydrogen-bond donors (Lipinski definition) is 2. The molecule has 3 N–H and O–H groups in total. The van der Waals surface area contributed by atoms with Crippen LogP contribution in [-0.2, 0) is 9.53 Å². The normalized spacial score (nSPS) is 10.6. The van der Waals surface area contributed by atoms with Crippen LogP contribution in [0.3, 0.4) is 0 Å². The highest BCUT2D eigenvalue weighted by molar-refractivity contribution is 5.98. The molecular formula is C23H22N2O4. The summed E-state index contributed by atoms with van der Waals surface area (Å²) in [5.41, 5.74) is 7.83. The molecule has 0 aliphatic rings. The van der Waals surface area contributed by atoms with Crippen molar-refractivity contribution in [2.24, 2.45) is 5.73 Å². The third-order valence-electron chi connectivity index (χ3n) is 4.34. The Kier molecular flexibility index (Phi) is 6.60. The molecule has 0 aromatic heterocycles. The zero-order valence-corrected chi connectivity index (χ0v) is 16.0. The van der Waals surface area contributed by atoms with Crippen LogP contribution in [-0.4, -0.2) is 25.5 Å². The number of primary amides is 1. The lowest BCUT2D eigenvalue weighted by atomic mass is 10.0. The summed E-state index contributed by atoms with van der Waals surface area (Å²) in [6, 6.07) is 24.0. The number of ether oxygens (including phenoxy) is 2. The van der Waals surface area contributed by atoms with E-state index < -0.39 is 5.91 Å². The van der Waals surface area contributed by atoms with Crippen molar-refractivity contribution >= 4 is 17.5 Å². The predicted molar refractivity (Wildman–Crippen MR) is 111 cm³/mol. The fourth-order valence-electron chi connectivity index (χ4n) is 2.94. The van der Waals surface area contributed by atoms with Crippen LogP contribution in [0.25, 0.3) is 0 Å². The van der Waals surface area contributed by atoms with Crippen LogP contribution >= 0.6 is 0 Å². The molecule has 0 saturated carbocycles. The number of carbonyl (C=O) groups is 2. The lowest BCUT2D eigenvalue weighted by Crippen LogP contribution is -2.21. The van der Waals surface area contributed by atoms with Gasteiger partial charge in [-0.2, -0.15) is 0 Å². The molecule has 0 heterocycles. The standard InChI is InChI=1S/C23H22N2O4/c1-28-20-13-12-18(23(24)27)14-19(20)25-21(26)15-29-22(16-8-4-2-5-9-16)17-10-6-3-7-11-17/h2-14,22H,15H2,1H3,(H2,24,27)(H,25,26). The second kappa shape index (κ2) is 9.52. The molecule has 3 aromatic rings. The topological polar surface area (TPSA) is 90.6 Å². The number of amides is 2. The summed E-state index contributed by atoms with van der Waals surface area (Å²) in [4.78, 5) is 23.9. The van der Waals surface area contributed by atoms with E-state index >= 15 is 0 Å². The average Bonchev–Trinajstić information content (AvgIpc) is 2.75. The van der Waals surface area contributed by atoms with Crippen molar-refractivity contribution in [2.45, 2.75) is 6.10 Å². The van der Waals surface area contributed by atoms with Crippen LogP contribution in [0.1, 0.15) is 27.6 Å². The maximum Gasteiger partial charge on any atom is 0.250 e. The number of hydrogen-bond acceptors (Lipinski definition) is 4. The Morgan fingerprint density at radius 1 is 0.931 bits per heavy atom. The number of anilines is 1. The van der Waals surface area contributed by atoms with Gasteiger partial charge < -0.3 is 20.5 Å². The van der Waals surface area contributed by atoms with Crippen LogP contribution in [0.2, 0.25) is 0 Å². The molecule has 0 radical (unpaired) electrons. The Bertz CT molecular complexity index is 935. The first kappa shape index (κ1) is 20.1. The SMILES string of the molecule is COc1ccc(C(N)=O)cc1NC(=O)COC(c1ccccc1)c1ccccc1. The van der Waals surface area contributed by atoms with Crippen LogP contribution in [0.5, 0.6) is 5.75 Å². The minimum atomic E-state index is -0.590.